The van der Waals surface area contributed by atoms with Gasteiger partial charge in [-0.3, -0.25) is 19.3 Å². The number of Topliss-reactive ketones (excluding diaryl/α,β-unsaturated/α-hetero) is 2. The van der Waals surface area contributed by atoms with Crippen LogP contribution in [0.15, 0.2) is 35.1 Å². The molecular weight excluding hydrogens is 490 g/mol. The Morgan fingerprint density at radius 1 is 1.18 bits per heavy atom. The Hall–Kier alpha value is -3.05. The van der Waals surface area contributed by atoms with E-state index >= 15 is 0 Å². The molecule has 0 aliphatic heterocycles. The van der Waals surface area contributed by atoms with E-state index in [4.69, 9.17) is 5.73 Å². The van der Waals surface area contributed by atoms with Gasteiger partial charge in [0, 0.05) is 36.1 Å². The normalized spacial score (nSPS) is 31.1. The SMILES string of the molecule is C[C@H]1c2ccc(CNCC(C)(C)C)c(O)c2C(=O)C2=C[C@]3(O)C(=O)C(C(N)=O)=C(O)[C@@H](N(C)C)[C@@H]3[C@@H](O)[C@@H]21. The topological polar surface area (TPSA) is 173 Å². The van der Waals surface area contributed by atoms with E-state index in [9.17, 15) is 34.8 Å². The van der Waals surface area contributed by atoms with E-state index in [2.05, 4.69) is 26.1 Å². The second kappa shape index (κ2) is 9.30. The molecule has 0 saturated heterocycles. The lowest BCUT2D eigenvalue weighted by Crippen LogP contribution is -2.66. The van der Waals surface area contributed by atoms with Crippen molar-refractivity contribution < 1.29 is 34.8 Å². The number of nitrogens with two attached hydrogens (primary N) is 1. The predicted molar refractivity (Wildman–Crippen MR) is 139 cm³/mol. The van der Waals surface area contributed by atoms with Crippen molar-refractivity contribution in [1.29, 1.82) is 0 Å². The summed E-state index contributed by atoms with van der Waals surface area (Å²) in [6.45, 7) is 9.02. The van der Waals surface area contributed by atoms with Crippen molar-refractivity contribution in [1.82, 2.24) is 10.2 Å². The third-order valence-electron chi connectivity index (χ3n) is 8.03. The van der Waals surface area contributed by atoms with Crippen LogP contribution in [0, 0.1) is 17.3 Å². The Morgan fingerprint density at radius 3 is 2.37 bits per heavy atom. The fraction of sp³-hybridized carbons (Fsp3) is 0.536. The third-order valence-corrected chi connectivity index (χ3v) is 8.03. The number of nitrogens with one attached hydrogen (secondary N) is 1. The largest absolute Gasteiger partial charge is 0.510 e. The zero-order chi connectivity index (χ0) is 28.5. The summed E-state index contributed by atoms with van der Waals surface area (Å²) in [7, 11) is 3.14. The summed E-state index contributed by atoms with van der Waals surface area (Å²) in [5.74, 6) is -6.42. The minimum atomic E-state index is -2.48. The number of primary amides is 1. The first kappa shape index (κ1) is 28.0. The minimum Gasteiger partial charge on any atom is -0.510 e. The summed E-state index contributed by atoms with van der Waals surface area (Å²) in [6.07, 6.45) is -0.357. The molecule has 3 aliphatic carbocycles. The van der Waals surface area contributed by atoms with Gasteiger partial charge >= 0.3 is 0 Å². The summed E-state index contributed by atoms with van der Waals surface area (Å²) in [6, 6.07) is 2.38. The molecule has 1 amide bonds. The fourth-order valence-electron chi connectivity index (χ4n) is 6.28. The van der Waals surface area contributed by atoms with Gasteiger partial charge in [0.1, 0.15) is 17.1 Å². The van der Waals surface area contributed by atoms with Crippen molar-refractivity contribution in [3.63, 3.8) is 0 Å². The number of rotatable bonds is 5. The Bertz CT molecular complexity index is 1280. The number of carbonyl (C=O) groups is 3. The van der Waals surface area contributed by atoms with Gasteiger partial charge in [0.15, 0.2) is 11.4 Å². The summed E-state index contributed by atoms with van der Waals surface area (Å²) in [4.78, 5) is 40.8. The van der Waals surface area contributed by atoms with Crippen LogP contribution in [0.1, 0.15) is 55.1 Å². The van der Waals surface area contributed by atoms with Crippen LogP contribution in [-0.2, 0) is 16.1 Å². The number of hydrogen-bond donors (Lipinski definition) is 6. The number of benzene rings is 1. The van der Waals surface area contributed by atoms with Crippen molar-refractivity contribution in [2.45, 2.75) is 57.9 Å². The van der Waals surface area contributed by atoms with E-state index in [1.807, 2.05) is 0 Å². The third kappa shape index (κ3) is 4.16. The maximum atomic E-state index is 13.8. The molecule has 10 nitrogen and oxygen atoms in total. The molecule has 3 aliphatic rings. The Morgan fingerprint density at radius 2 is 1.82 bits per heavy atom. The van der Waals surface area contributed by atoms with Crippen molar-refractivity contribution in [2.75, 3.05) is 20.6 Å². The van der Waals surface area contributed by atoms with E-state index in [0.717, 1.165) is 6.08 Å². The highest BCUT2D eigenvalue weighted by atomic mass is 16.3. The molecule has 0 heterocycles. The molecule has 0 spiro atoms. The van der Waals surface area contributed by atoms with E-state index in [-0.39, 0.29) is 22.3 Å². The minimum absolute atomic E-state index is 0.0139. The Kier molecular flexibility index (Phi) is 6.85. The number of aromatic hydroxyl groups is 1. The summed E-state index contributed by atoms with van der Waals surface area (Å²) in [5, 5.41) is 48.6. The molecule has 0 bridgehead atoms. The fourth-order valence-corrected chi connectivity index (χ4v) is 6.28. The number of hydrogen-bond acceptors (Lipinski definition) is 9. The first-order chi connectivity index (χ1) is 17.5. The number of likely N-dealkylation sites (N-methyl/N-ethyl adjacent to an activating group) is 1. The second-order valence-corrected chi connectivity index (χ2v) is 12.1. The smallest absolute Gasteiger partial charge is 0.255 e. The molecule has 206 valence electrons. The number of ketones is 2. The van der Waals surface area contributed by atoms with Crippen molar-refractivity contribution in [3.05, 3.63) is 51.8 Å². The molecule has 6 atom stereocenters. The molecule has 4 rings (SSSR count). The molecule has 0 saturated carbocycles. The van der Waals surface area contributed by atoms with Crippen LogP contribution in [0.25, 0.3) is 0 Å². The van der Waals surface area contributed by atoms with Crippen molar-refractivity contribution >= 4 is 17.5 Å². The highest BCUT2D eigenvalue weighted by molar-refractivity contribution is 6.24. The van der Waals surface area contributed by atoms with Gasteiger partial charge in [-0.1, -0.05) is 39.8 Å². The highest BCUT2D eigenvalue weighted by Gasteiger charge is 2.63. The van der Waals surface area contributed by atoms with Gasteiger partial charge in [0.25, 0.3) is 5.91 Å². The molecule has 0 fully saturated rings. The van der Waals surface area contributed by atoms with Gasteiger partial charge in [-0.05, 0) is 37.1 Å². The van der Waals surface area contributed by atoms with Gasteiger partial charge in [0.05, 0.1) is 17.7 Å². The molecular formula is C28H37N3O7. The first-order valence-corrected chi connectivity index (χ1v) is 12.7. The zero-order valence-corrected chi connectivity index (χ0v) is 22.6. The molecule has 1 aromatic carbocycles. The molecule has 0 radical (unpaired) electrons. The second-order valence-electron chi connectivity index (χ2n) is 12.1. The van der Waals surface area contributed by atoms with Gasteiger partial charge < -0.3 is 31.5 Å². The van der Waals surface area contributed by atoms with Crippen LogP contribution in [-0.4, -0.2) is 81.2 Å². The monoisotopic (exact) mass is 527 g/mol. The van der Waals surface area contributed by atoms with Crippen LogP contribution >= 0.6 is 0 Å². The number of nitrogens with zero attached hydrogens (tertiary/aromatic N) is 1. The van der Waals surface area contributed by atoms with Gasteiger partial charge in [-0.15, -0.1) is 0 Å². The number of phenols is 1. The molecule has 0 aromatic heterocycles. The van der Waals surface area contributed by atoms with Crippen LogP contribution in [0.4, 0.5) is 0 Å². The lowest BCUT2D eigenvalue weighted by molar-refractivity contribution is -0.152. The molecule has 0 unspecified atom stereocenters. The van der Waals surface area contributed by atoms with E-state index in [0.29, 0.717) is 24.2 Å². The van der Waals surface area contributed by atoms with Crippen LogP contribution in [0.3, 0.4) is 0 Å². The Balaban J connectivity index is 1.85. The first-order valence-electron chi connectivity index (χ1n) is 12.7. The number of fused-ring (bicyclic) bond motifs is 3. The number of carbonyl (C=O) groups excluding carboxylic acids is 3. The summed E-state index contributed by atoms with van der Waals surface area (Å²) >= 11 is 0. The van der Waals surface area contributed by atoms with Gasteiger partial charge in [-0.2, -0.15) is 0 Å². The number of phenolic OH excluding ortho intramolecular Hbond substituents is 1. The number of aliphatic hydroxyl groups excluding tert-OH is 2. The summed E-state index contributed by atoms with van der Waals surface area (Å²) in [5.41, 5.74) is 3.24. The highest BCUT2D eigenvalue weighted by Crippen LogP contribution is 2.53. The van der Waals surface area contributed by atoms with Crippen molar-refractivity contribution in [3.8, 4) is 5.75 Å². The standard InChI is InChI=1S/C28H37N3O7/c1-12-14-8-7-13(10-30-11-27(2,3)4)21(32)17(14)22(33)15-9-28(38)19(23(34)16(12)15)20(31(5)6)24(35)18(25(28)36)26(29)37/h7-9,12,16,19-20,23,30,32,34-35,38H,10-11H2,1-6H3,(H2,29,37)/t12-,16+,19+,20-,23-,28+/m0/s1. The van der Waals surface area contributed by atoms with Crippen LogP contribution in [0.5, 0.6) is 5.75 Å². The maximum Gasteiger partial charge on any atom is 0.255 e. The molecule has 38 heavy (non-hydrogen) atoms. The summed E-state index contributed by atoms with van der Waals surface area (Å²) < 4.78 is 0. The van der Waals surface area contributed by atoms with Crippen LogP contribution in [0.2, 0.25) is 0 Å². The molecule has 10 heteroatoms. The average Bonchev–Trinajstić information content (AvgIpc) is 2.78. The van der Waals surface area contributed by atoms with E-state index in [1.54, 1.807) is 33.2 Å². The van der Waals surface area contributed by atoms with Gasteiger partial charge in [-0.25, -0.2) is 0 Å². The van der Waals surface area contributed by atoms with Crippen molar-refractivity contribution in [2.24, 2.45) is 23.0 Å². The van der Waals surface area contributed by atoms with E-state index in [1.165, 1.54) is 4.90 Å². The number of amides is 1. The number of aliphatic hydroxyl groups is 3. The lowest BCUT2D eigenvalue weighted by atomic mass is 9.56. The maximum absolute atomic E-state index is 13.8. The van der Waals surface area contributed by atoms with Crippen LogP contribution < -0.4 is 11.1 Å². The average molecular weight is 528 g/mol. The van der Waals surface area contributed by atoms with Gasteiger partial charge in [0.2, 0.25) is 5.78 Å². The Labute approximate surface area is 221 Å². The zero-order valence-electron chi connectivity index (χ0n) is 22.6. The molecule has 7 N–H and O–H groups in total. The lowest BCUT2D eigenvalue weighted by Gasteiger charge is -2.52. The quantitative estimate of drug-likeness (QED) is 0.304. The predicted octanol–water partition coefficient (Wildman–Crippen LogP) is 0.902. The molecule has 1 aromatic rings. The van der Waals surface area contributed by atoms with E-state index < -0.39 is 64.3 Å².